The van der Waals surface area contributed by atoms with Gasteiger partial charge in [-0.05, 0) is 81.5 Å². The van der Waals surface area contributed by atoms with E-state index in [0.717, 1.165) is 22.9 Å². The maximum Gasteiger partial charge on any atom is 0.264 e. The molecule has 42 heavy (non-hydrogen) atoms. The quantitative estimate of drug-likeness (QED) is 0.296. The van der Waals surface area contributed by atoms with Crippen LogP contribution < -0.4 is 0 Å². The minimum absolute atomic E-state index is 0.0243. The maximum absolute atomic E-state index is 14.4. The predicted molar refractivity (Wildman–Crippen MR) is 149 cm³/mol. The maximum atomic E-state index is 14.4. The third-order valence-electron chi connectivity index (χ3n) is 8.09. The lowest BCUT2D eigenvalue weighted by Crippen LogP contribution is -2.52. The molecule has 218 valence electrons. The van der Waals surface area contributed by atoms with Gasteiger partial charge in [0.2, 0.25) is 5.03 Å². The first kappa shape index (κ1) is 28.0. The second-order valence-electron chi connectivity index (χ2n) is 11.1. The molecular formula is C29H29F2N7O3S. The number of nitrogens with zero attached hydrogens (tertiary/aromatic N) is 7. The average Bonchev–Trinajstić information content (AvgIpc) is 3.57. The minimum Gasteiger partial charge on any atom is -0.291 e. The number of ketones is 1. The third kappa shape index (κ3) is 4.66. The Morgan fingerprint density at radius 1 is 1.14 bits per heavy atom. The minimum atomic E-state index is -4.05. The van der Waals surface area contributed by atoms with Gasteiger partial charge in [-0.3, -0.25) is 14.5 Å². The number of hydrogen-bond acceptors (Lipinski definition) is 7. The van der Waals surface area contributed by atoms with E-state index in [1.165, 1.54) is 39.6 Å². The summed E-state index contributed by atoms with van der Waals surface area (Å²) in [6.45, 7) is 3.57. The van der Waals surface area contributed by atoms with E-state index >= 15 is 0 Å². The molecule has 3 heterocycles. The number of benzene rings is 1. The fraction of sp³-hybridized carbons (Fsp3) is 0.345. The number of fused-ring (bicyclic) bond motifs is 2. The van der Waals surface area contributed by atoms with Crippen LogP contribution in [0.15, 0.2) is 65.6 Å². The summed E-state index contributed by atoms with van der Waals surface area (Å²) in [6.07, 6.45) is 7.44. The van der Waals surface area contributed by atoms with Crippen molar-refractivity contribution in [3.05, 3.63) is 89.1 Å². The summed E-state index contributed by atoms with van der Waals surface area (Å²) in [4.78, 5) is 18.6. The van der Waals surface area contributed by atoms with E-state index in [-0.39, 0.29) is 35.2 Å². The average molecular weight is 594 g/mol. The summed E-state index contributed by atoms with van der Waals surface area (Å²) < 4.78 is 60.0. The van der Waals surface area contributed by atoms with Crippen LogP contribution in [0.2, 0.25) is 0 Å². The third-order valence-corrected chi connectivity index (χ3v) is 10.1. The molecule has 13 heteroatoms. The van der Waals surface area contributed by atoms with E-state index in [9.17, 15) is 22.0 Å². The summed E-state index contributed by atoms with van der Waals surface area (Å²) in [7, 11) is -2.46. The molecule has 0 spiro atoms. The molecule has 1 saturated carbocycles. The lowest BCUT2D eigenvalue weighted by Gasteiger charge is -2.47. The highest BCUT2D eigenvalue weighted by molar-refractivity contribution is 7.89. The highest BCUT2D eigenvalue weighted by Crippen LogP contribution is 2.51. The van der Waals surface area contributed by atoms with Crippen molar-refractivity contribution in [2.24, 2.45) is 12.5 Å². The predicted octanol–water partition coefficient (Wildman–Crippen LogP) is 4.13. The van der Waals surface area contributed by atoms with Crippen molar-refractivity contribution in [1.82, 2.24) is 34.1 Å². The van der Waals surface area contributed by atoms with E-state index in [4.69, 9.17) is 0 Å². The van der Waals surface area contributed by atoms with Crippen molar-refractivity contribution >= 4 is 21.9 Å². The fourth-order valence-electron chi connectivity index (χ4n) is 6.31. The van der Waals surface area contributed by atoms with Gasteiger partial charge in [0.15, 0.2) is 5.78 Å². The number of allylic oxidation sites excluding steroid dienone is 1. The number of carbonyl (C=O) groups is 1. The van der Waals surface area contributed by atoms with E-state index in [2.05, 4.69) is 20.4 Å². The molecule has 3 aromatic heterocycles. The summed E-state index contributed by atoms with van der Waals surface area (Å²) in [5.41, 5.74) is 1.78. The van der Waals surface area contributed by atoms with Gasteiger partial charge in [-0.2, -0.15) is 9.40 Å². The molecule has 1 aromatic carbocycles. The zero-order chi connectivity index (χ0) is 29.8. The Hall–Kier alpha value is -4.10. The number of aryl methyl sites for hydroxylation is 1. The fourth-order valence-corrected chi connectivity index (χ4v) is 8.08. The van der Waals surface area contributed by atoms with Crippen LogP contribution in [0.5, 0.6) is 0 Å². The molecule has 0 unspecified atom stereocenters. The Bertz CT molecular complexity index is 1810. The van der Waals surface area contributed by atoms with Crippen molar-refractivity contribution in [1.29, 1.82) is 0 Å². The van der Waals surface area contributed by atoms with Gasteiger partial charge in [0.1, 0.15) is 17.3 Å². The molecule has 0 bridgehead atoms. The number of hydrogen-bond donors (Lipinski definition) is 0. The molecule has 10 nitrogen and oxygen atoms in total. The molecule has 6 rings (SSSR count). The molecule has 2 aliphatic carbocycles. The number of carbonyl (C=O) groups excluding carboxylic acids is 1. The smallest absolute Gasteiger partial charge is 0.264 e. The molecule has 0 radical (unpaired) electrons. The van der Waals surface area contributed by atoms with Gasteiger partial charge < -0.3 is 0 Å². The van der Waals surface area contributed by atoms with Crippen LogP contribution in [0.4, 0.5) is 8.78 Å². The van der Waals surface area contributed by atoms with Crippen molar-refractivity contribution in [2.75, 3.05) is 0 Å². The van der Waals surface area contributed by atoms with E-state index < -0.39 is 33.3 Å². The van der Waals surface area contributed by atoms with Gasteiger partial charge in [0.25, 0.3) is 10.0 Å². The summed E-state index contributed by atoms with van der Waals surface area (Å²) >= 11 is 0. The Kier molecular flexibility index (Phi) is 6.89. The zero-order valence-electron chi connectivity index (χ0n) is 23.3. The van der Waals surface area contributed by atoms with Crippen LogP contribution in [0.25, 0.3) is 11.8 Å². The Labute approximate surface area is 241 Å². The summed E-state index contributed by atoms with van der Waals surface area (Å²) in [5.74, 6) is -1.33. The first-order valence-corrected chi connectivity index (χ1v) is 15.0. The number of sulfonamides is 1. The Balaban J connectivity index is 1.46. The summed E-state index contributed by atoms with van der Waals surface area (Å²) in [5, 5.41) is 12.0. The van der Waals surface area contributed by atoms with Crippen LogP contribution >= 0.6 is 0 Å². The van der Waals surface area contributed by atoms with Crippen LogP contribution in [0.1, 0.15) is 54.9 Å². The van der Waals surface area contributed by atoms with Crippen LogP contribution in [-0.4, -0.2) is 60.3 Å². The normalized spacial score (nSPS) is 20.4. The van der Waals surface area contributed by atoms with Crippen molar-refractivity contribution in [3.63, 3.8) is 0 Å². The lowest BCUT2D eigenvalue weighted by molar-refractivity contribution is 0.0722. The highest BCUT2D eigenvalue weighted by atomic mass is 32.2. The SMILES string of the molecule is CC(C)N([C@H]1CCC2=Cc3c(cnn3-c3ccc(F)cc3)C[C@]2(C(=O)c2cc(F)ccn2)C1)S(=O)(=O)c1cn(C)nn1. The topological polar surface area (TPSA) is 116 Å². The van der Waals surface area contributed by atoms with Gasteiger partial charge in [-0.1, -0.05) is 10.8 Å². The monoisotopic (exact) mass is 593 g/mol. The number of pyridine rings is 1. The standard InChI is InChI=1S/C29H29F2N7O3S/c1-18(2)38(42(40,41)27-17-36(3)35-34-27)24-7-4-20-12-26-19(16-33-37(26)23-8-5-21(30)6-9-23)14-29(20,15-24)28(39)25-13-22(31)10-11-32-25/h5-6,8-13,16-18,24H,4,7,14-15H2,1-3H3/t24-,29-/m0/s1. The molecule has 0 aliphatic heterocycles. The van der Waals surface area contributed by atoms with Gasteiger partial charge in [0, 0.05) is 31.4 Å². The van der Waals surface area contributed by atoms with Crippen LogP contribution in [-0.2, 0) is 23.5 Å². The lowest BCUT2D eigenvalue weighted by atomic mass is 9.60. The molecule has 4 aromatic rings. The molecule has 2 aliphatic rings. The molecule has 0 amide bonds. The van der Waals surface area contributed by atoms with Gasteiger partial charge in [-0.25, -0.2) is 21.9 Å². The zero-order valence-corrected chi connectivity index (χ0v) is 24.1. The number of rotatable bonds is 7. The van der Waals surface area contributed by atoms with Gasteiger partial charge in [-0.15, -0.1) is 5.10 Å². The second kappa shape index (κ2) is 10.3. The van der Waals surface area contributed by atoms with E-state index in [1.54, 1.807) is 43.9 Å². The van der Waals surface area contributed by atoms with Gasteiger partial charge >= 0.3 is 0 Å². The molecule has 1 fully saturated rings. The van der Waals surface area contributed by atoms with Crippen molar-refractivity contribution in [2.45, 2.75) is 56.6 Å². The van der Waals surface area contributed by atoms with E-state index in [1.807, 2.05) is 6.08 Å². The highest BCUT2D eigenvalue weighted by Gasteiger charge is 2.52. The molecular weight excluding hydrogens is 564 g/mol. The Morgan fingerprint density at radius 2 is 1.90 bits per heavy atom. The number of Topliss-reactive ketones (excluding diaryl/α,β-unsaturated/α-hetero) is 1. The number of halogens is 2. The summed E-state index contributed by atoms with van der Waals surface area (Å²) in [6, 6.07) is 7.26. The molecule has 0 saturated heterocycles. The molecule has 0 N–H and O–H groups in total. The van der Waals surface area contributed by atoms with Crippen molar-refractivity contribution < 1.29 is 22.0 Å². The van der Waals surface area contributed by atoms with Crippen LogP contribution in [0, 0.1) is 17.0 Å². The Morgan fingerprint density at radius 3 is 2.57 bits per heavy atom. The second-order valence-corrected chi connectivity index (χ2v) is 12.9. The van der Waals surface area contributed by atoms with Gasteiger partial charge in [0.05, 0.1) is 29.2 Å². The largest absolute Gasteiger partial charge is 0.291 e. The first-order chi connectivity index (χ1) is 20.0. The van der Waals surface area contributed by atoms with E-state index in [0.29, 0.717) is 18.5 Å². The van der Waals surface area contributed by atoms with Crippen LogP contribution in [0.3, 0.4) is 0 Å². The van der Waals surface area contributed by atoms with Crippen molar-refractivity contribution in [3.8, 4) is 5.69 Å². The molecule has 2 atom stereocenters. The number of aromatic nitrogens is 6. The first-order valence-electron chi connectivity index (χ1n) is 13.6.